The van der Waals surface area contributed by atoms with E-state index in [1.54, 1.807) is 6.20 Å². The Morgan fingerprint density at radius 1 is 1.14 bits per heavy atom. The van der Waals surface area contributed by atoms with Gasteiger partial charge in [0, 0.05) is 29.1 Å². The maximum absolute atomic E-state index is 12.6. The summed E-state index contributed by atoms with van der Waals surface area (Å²) < 4.78 is 0. The second kappa shape index (κ2) is 5.35. The number of aromatic nitrogens is 1. The van der Waals surface area contributed by atoms with Crippen molar-refractivity contribution in [1.29, 1.82) is 0 Å². The molecular formula is C17H19NO3. The van der Waals surface area contributed by atoms with Crippen LogP contribution in [0.3, 0.4) is 0 Å². The Balaban J connectivity index is 1.86. The average molecular weight is 285 g/mol. The predicted molar refractivity (Wildman–Crippen MR) is 80.4 cm³/mol. The molecule has 0 aliphatic heterocycles. The summed E-state index contributed by atoms with van der Waals surface area (Å²) in [5.74, 6) is -0.751. The van der Waals surface area contributed by atoms with Gasteiger partial charge in [-0.05, 0) is 24.3 Å². The van der Waals surface area contributed by atoms with E-state index in [4.69, 9.17) is 5.11 Å². The molecule has 3 rings (SSSR count). The van der Waals surface area contributed by atoms with Gasteiger partial charge < -0.3 is 10.1 Å². The van der Waals surface area contributed by atoms with Gasteiger partial charge in [0.05, 0.1) is 6.42 Å². The van der Waals surface area contributed by atoms with E-state index in [2.05, 4.69) is 4.98 Å². The van der Waals surface area contributed by atoms with Gasteiger partial charge in [-0.3, -0.25) is 9.59 Å². The number of carboxylic acids is 1. The first kappa shape index (κ1) is 13.9. The summed E-state index contributed by atoms with van der Waals surface area (Å²) in [4.78, 5) is 26.9. The van der Waals surface area contributed by atoms with E-state index in [0.717, 1.165) is 36.6 Å². The number of carbonyl (C=O) groups excluding carboxylic acids is 1. The maximum Gasteiger partial charge on any atom is 0.303 e. The highest BCUT2D eigenvalue weighted by molar-refractivity contribution is 6.08. The number of para-hydroxylation sites is 1. The lowest BCUT2D eigenvalue weighted by Crippen LogP contribution is -2.24. The Hall–Kier alpha value is -2.10. The molecule has 0 spiro atoms. The quantitative estimate of drug-likeness (QED) is 0.821. The number of benzene rings is 1. The van der Waals surface area contributed by atoms with Gasteiger partial charge >= 0.3 is 5.97 Å². The number of nitrogens with one attached hydrogen (secondary N) is 1. The number of carboxylic acid groups (broad SMARTS) is 1. The minimum atomic E-state index is -0.802. The fraction of sp³-hybridized carbons (Fsp3) is 0.412. The van der Waals surface area contributed by atoms with Crippen molar-refractivity contribution < 1.29 is 14.7 Å². The van der Waals surface area contributed by atoms with Gasteiger partial charge in [-0.25, -0.2) is 0 Å². The van der Waals surface area contributed by atoms with E-state index in [-0.39, 0.29) is 17.6 Å². The summed E-state index contributed by atoms with van der Waals surface area (Å²) in [6, 6.07) is 7.71. The number of H-pyrrole nitrogens is 1. The van der Waals surface area contributed by atoms with Crippen molar-refractivity contribution in [2.75, 3.05) is 0 Å². The molecule has 0 amide bonds. The third kappa shape index (κ3) is 2.71. The molecule has 1 heterocycles. The molecule has 0 saturated heterocycles. The van der Waals surface area contributed by atoms with Crippen LogP contribution in [0.25, 0.3) is 10.9 Å². The van der Waals surface area contributed by atoms with Gasteiger partial charge in [0.25, 0.3) is 0 Å². The fourth-order valence-corrected chi connectivity index (χ4v) is 3.60. The highest BCUT2D eigenvalue weighted by atomic mass is 16.4. The minimum absolute atomic E-state index is 0.0515. The third-order valence-corrected chi connectivity index (χ3v) is 4.62. The molecule has 1 saturated carbocycles. The molecule has 110 valence electrons. The van der Waals surface area contributed by atoms with Crippen molar-refractivity contribution in [1.82, 2.24) is 4.98 Å². The fourth-order valence-electron chi connectivity index (χ4n) is 3.60. The summed E-state index contributed by atoms with van der Waals surface area (Å²) in [5, 5.41) is 10.1. The topological polar surface area (TPSA) is 70.2 Å². The molecule has 0 unspecified atom stereocenters. The van der Waals surface area contributed by atoms with Crippen LogP contribution >= 0.6 is 0 Å². The van der Waals surface area contributed by atoms with E-state index in [1.807, 2.05) is 24.3 Å². The zero-order valence-corrected chi connectivity index (χ0v) is 11.9. The largest absolute Gasteiger partial charge is 0.481 e. The SMILES string of the molecule is O=C(O)CC1(CC(=O)c2c[nH]c3ccccc23)CCCC1. The van der Waals surface area contributed by atoms with Crippen LogP contribution in [0.4, 0.5) is 0 Å². The molecule has 0 bridgehead atoms. The number of aliphatic carboxylic acids is 1. The number of aromatic amines is 1. The van der Waals surface area contributed by atoms with Crippen LogP contribution in [-0.4, -0.2) is 21.8 Å². The predicted octanol–water partition coefficient (Wildman–Crippen LogP) is 3.78. The number of fused-ring (bicyclic) bond motifs is 1. The Morgan fingerprint density at radius 3 is 2.57 bits per heavy atom. The molecule has 1 aromatic heterocycles. The van der Waals surface area contributed by atoms with Gasteiger partial charge in [-0.15, -0.1) is 0 Å². The second-order valence-corrected chi connectivity index (χ2v) is 6.13. The molecule has 0 atom stereocenters. The van der Waals surface area contributed by atoms with Crippen molar-refractivity contribution >= 4 is 22.7 Å². The first-order chi connectivity index (χ1) is 10.1. The summed E-state index contributed by atoms with van der Waals surface area (Å²) in [6.45, 7) is 0. The summed E-state index contributed by atoms with van der Waals surface area (Å²) >= 11 is 0. The lowest BCUT2D eigenvalue weighted by Gasteiger charge is -2.26. The molecule has 0 radical (unpaired) electrons. The van der Waals surface area contributed by atoms with Crippen LogP contribution < -0.4 is 0 Å². The van der Waals surface area contributed by atoms with Crippen molar-refractivity contribution in [3.63, 3.8) is 0 Å². The molecule has 4 heteroatoms. The van der Waals surface area contributed by atoms with Gasteiger partial charge in [-0.1, -0.05) is 31.0 Å². The minimum Gasteiger partial charge on any atom is -0.481 e. The molecule has 21 heavy (non-hydrogen) atoms. The van der Waals surface area contributed by atoms with Gasteiger partial charge in [0.15, 0.2) is 5.78 Å². The number of rotatable bonds is 5. The average Bonchev–Trinajstić information content (AvgIpc) is 3.04. The Kier molecular flexibility index (Phi) is 3.53. The zero-order valence-electron chi connectivity index (χ0n) is 11.9. The smallest absolute Gasteiger partial charge is 0.303 e. The first-order valence-electron chi connectivity index (χ1n) is 7.41. The maximum atomic E-state index is 12.6. The van der Waals surface area contributed by atoms with Crippen LogP contribution in [0.15, 0.2) is 30.5 Å². The number of hydrogen-bond donors (Lipinski definition) is 2. The van der Waals surface area contributed by atoms with Gasteiger partial charge in [0.1, 0.15) is 0 Å². The van der Waals surface area contributed by atoms with E-state index >= 15 is 0 Å². The Morgan fingerprint density at radius 2 is 1.86 bits per heavy atom. The monoisotopic (exact) mass is 285 g/mol. The molecule has 1 aromatic carbocycles. The number of hydrogen-bond acceptors (Lipinski definition) is 2. The van der Waals surface area contributed by atoms with E-state index in [1.165, 1.54) is 0 Å². The van der Waals surface area contributed by atoms with Crippen LogP contribution in [0.5, 0.6) is 0 Å². The summed E-state index contributed by atoms with van der Waals surface area (Å²) in [7, 11) is 0. The second-order valence-electron chi connectivity index (χ2n) is 6.13. The summed E-state index contributed by atoms with van der Waals surface area (Å²) in [5.41, 5.74) is 1.28. The molecule has 1 aliphatic carbocycles. The molecule has 2 aromatic rings. The first-order valence-corrected chi connectivity index (χ1v) is 7.41. The molecule has 1 fully saturated rings. The van der Waals surface area contributed by atoms with Gasteiger partial charge in [0.2, 0.25) is 0 Å². The zero-order chi connectivity index (χ0) is 14.9. The van der Waals surface area contributed by atoms with Crippen LogP contribution in [0.2, 0.25) is 0 Å². The van der Waals surface area contributed by atoms with E-state index < -0.39 is 5.97 Å². The molecule has 2 N–H and O–H groups in total. The highest BCUT2D eigenvalue weighted by Crippen LogP contribution is 2.45. The van der Waals surface area contributed by atoms with E-state index in [9.17, 15) is 9.59 Å². The van der Waals surface area contributed by atoms with E-state index in [0.29, 0.717) is 12.0 Å². The normalized spacial score (nSPS) is 17.1. The number of Topliss-reactive ketones (excluding diaryl/α,β-unsaturated/α-hetero) is 1. The molecular weight excluding hydrogens is 266 g/mol. The summed E-state index contributed by atoms with van der Waals surface area (Å²) in [6.07, 6.45) is 5.91. The standard InChI is InChI=1S/C17H19NO3/c19-15(9-17(10-16(20)21)7-3-4-8-17)13-11-18-14-6-2-1-5-12(13)14/h1-2,5-6,11,18H,3-4,7-10H2,(H,20,21). The Bertz CT molecular complexity index is 680. The van der Waals surface area contributed by atoms with Crippen molar-refractivity contribution in [3.8, 4) is 0 Å². The number of ketones is 1. The van der Waals surface area contributed by atoms with Crippen LogP contribution in [0.1, 0.15) is 48.9 Å². The molecule has 4 nitrogen and oxygen atoms in total. The number of carbonyl (C=O) groups is 2. The van der Waals surface area contributed by atoms with Crippen molar-refractivity contribution in [2.45, 2.75) is 38.5 Å². The Labute approximate surface area is 123 Å². The lowest BCUT2D eigenvalue weighted by molar-refractivity contribution is -0.139. The van der Waals surface area contributed by atoms with Gasteiger partial charge in [-0.2, -0.15) is 0 Å². The van der Waals surface area contributed by atoms with Crippen molar-refractivity contribution in [2.24, 2.45) is 5.41 Å². The third-order valence-electron chi connectivity index (χ3n) is 4.62. The van der Waals surface area contributed by atoms with Crippen LogP contribution in [0, 0.1) is 5.41 Å². The van der Waals surface area contributed by atoms with Crippen molar-refractivity contribution in [3.05, 3.63) is 36.0 Å². The lowest BCUT2D eigenvalue weighted by atomic mass is 9.77. The highest BCUT2D eigenvalue weighted by Gasteiger charge is 2.38. The van der Waals surface area contributed by atoms with Crippen LogP contribution in [-0.2, 0) is 4.79 Å². The molecule has 1 aliphatic rings.